The fraction of sp³-hybridized carbons (Fsp3) is 0.741. The van der Waals surface area contributed by atoms with Gasteiger partial charge < -0.3 is 14.2 Å². The van der Waals surface area contributed by atoms with Crippen molar-refractivity contribution in [3.63, 3.8) is 0 Å². The standard InChI is InChI=1S/C58H100O6/c1-4-7-10-13-16-19-22-24-26-28-30-31-33-36-39-42-45-48-51-57(60)63-54-55(53-62-56(59)50-47-44-41-38-35-21-18-15-12-9-6-3)64-58(61)52-49-46-43-40-37-34-32-29-27-25-23-20-17-14-11-8-5-2/h8,11,15,17-20,22,25-28,55H,4-7,9-10,12-14,16,21,23-24,29-54H2,1-3H3/b11-8-,18-15-,20-17-,22-19-,27-25-,28-26-. The van der Waals surface area contributed by atoms with E-state index in [1.54, 1.807) is 0 Å². The van der Waals surface area contributed by atoms with E-state index in [1.807, 2.05) is 0 Å². The van der Waals surface area contributed by atoms with Gasteiger partial charge >= 0.3 is 17.9 Å². The highest BCUT2D eigenvalue weighted by Crippen LogP contribution is 2.14. The Morgan fingerprint density at radius 3 is 1.02 bits per heavy atom. The first-order valence-electron chi connectivity index (χ1n) is 26.9. The fourth-order valence-electron chi connectivity index (χ4n) is 7.35. The Morgan fingerprint density at radius 1 is 0.328 bits per heavy atom. The molecule has 0 aromatic heterocycles. The van der Waals surface area contributed by atoms with Crippen molar-refractivity contribution >= 4 is 17.9 Å². The molecule has 368 valence electrons. The van der Waals surface area contributed by atoms with Crippen LogP contribution in [0.2, 0.25) is 0 Å². The zero-order chi connectivity index (χ0) is 46.5. The van der Waals surface area contributed by atoms with E-state index in [0.717, 1.165) is 103 Å². The molecule has 0 aliphatic rings. The zero-order valence-corrected chi connectivity index (χ0v) is 42.0. The Hall–Kier alpha value is -3.15. The lowest BCUT2D eigenvalue weighted by molar-refractivity contribution is -0.167. The van der Waals surface area contributed by atoms with Crippen LogP contribution < -0.4 is 0 Å². The monoisotopic (exact) mass is 893 g/mol. The van der Waals surface area contributed by atoms with Crippen LogP contribution in [0.3, 0.4) is 0 Å². The van der Waals surface area contributed by atoms with Gasteiger partial charge in [0.2, 0.25) is 0 Å². The van der Waals surface area contributed by atoms with Gasteiger partial charge in [0.1, 0.15) is 13.2 Å². The van der Waals surface area contributed by atoms with Gasteiger partial charge in [-0.25, -0.2) is 0 Å². The summed E-state index contributed by atoms with van der Waals surface area (Å²) in [6.07, 6.45) is 66.0. The van der Waals surface area contributed by atoms with Gasteiger partial charge in [-0.15, -0.1) is 0 Å². The van der Waals surface area contributed by atoms with E-state index < -0.39 is 6.10 Å². The third-order valence-corrected chi connectivity index (χ3v) is 11.4. The maximum absolute atomic E-state index is 12.8. The molecule has 6 heteroatoms. The average molecular weight is 893 g/mol. The van der Waals surface area contributed by atoms with Crippen molar-refractivity contribution in [1.29, 1.82) is 0 Å². The lowest BCUT2D eigenvalue weighted by atomic mass is 10.1. The summed E-state index contributed by atoms with van der Waals surface area (Å²) in [4.78, 5) is 38.0. The molecule has 0 aromatic rings. The molecular formula is C58H100O6. The summed E-state index contributed by atoms with van der Waals surface area (Å²) in [6.45, 7) is 6.46. The van der Waals surface area contributed by atoms with E-state index in [-0.39, 0.29) is 31.1 Å². The molecule has 0 saturated heterocycles. The molecule has 64 heavy (non-hydrogen) atoms. The van der Waals surface area contributed by atoms with Gasteiger partial charge in [-0.1, -0.05) is 209 Å². The Balaban J connectivity index is 4.38. The highest BCUT2D eigenvalue weighted by atomic mass is 16.6. The smallest absolute Gasteiger partial charge is 0.306 e. The molecule has 0 bridgehead atoms. The van der Waals surface area contributed by atoms with Crippen LogP contribution in [0, 0.1) is 0 Å². The molecule has 0 N–H and O–H groups in total. The maximum Gasteiger partial charge on any atom is 0.306 e. The molecular weight excluding hydrogens is 793 g/mol. The highest BCUT2D eigenvalue weighted by Gasteiger charge is 2.19. The molecule has 6 nitrogen and oxygen atoms in total. The lowest BCUT2D eigenvalue weighted by Gasteiger charge is -2.18. The molecule has 1 unspecified atom stereocenters. The van der Waals surface area contributed by atoms with Crippen LogP contribution in [0.15, 0.2) is 72.9 Å². The summed E-state index contributed by atoms with van der Waals surface area (Å²) >= 11 is 0. The Labute approximate surface area is 395 Å². The number of allylic oxidation sites excluding steroid dienone is 12. The minimum atomic E-state index is -0.787. The number of hydrogen-bond acceptors (Lipinski definition) is 6. The van der Waals surface area contributed by atoms with Gasteiger partial charge in [0.15, 0.2) is 6.10 Å². The van der Waals surface area contributed by atoms with Crippen LogP contribution in [-0.2, 0) is 28.6 Å². The number of ether oxygens (including phenoxy) is 3. The molecule has 0 fully saturated rings. The molecule has 0 aliphatic heterocycles. The van der Waals surface area contributed by atoms with E-state index in [1.165, 1.54) is 116 Å². The van der Waals surface area contributed by atoms with Crippen LogP contribution >= 0.6 is 0 Å². The van der Waals surface area contributed by atoms with Crippen molar-refractivity contribution in [2.75, 3.05) is 13.2 Å². The molecule has 0 aromatic carbocycles. The predicted octanol–water partition coefficient (Wildman–Crippen LogP) is 17.8. The largest absolute Gasteiger partial charge is 0.462 e. The summed E-state index contributed by atoms with van der Waals surface area (Å²) < 4.78 is 16.8. The van der Waals surface area contributed by atoms with Crippen molar-refractivity contribution in [2.45, 2.75) is 264 Å². The van der Waals surface area contributed by atoms with Gasteiger partial charge in [-0.05, 0) is 103 Å². The van der Waals surface area contributed by atoms with E-state index in [4.69, 9.17) is 14.2 Å². The summed E-state index contributed by atoms with van der Waals surface area (Å²) in [5.74, 6) is -0.910. The second-order valence-electron chi connectivity index (χ2n) is 17.7. The van der Waals surface area contributed by atoms with Gasteiger partial charge in [0, 0.05) is 19.3 Å². The normalized spacial score (nSPS) is 12.6. The minimum Gasteiger partial charge on any atom is -0.462 e. The van der Waals surface area contributed by atoms with Gasteiger partial charge in [-0.2, -0.15) is 0 Å². The topological polar surface area (TPSA) is 78.9 Å². The van der Waals surface area contributed by atoms with Gasteiger partial charge in [0.25, 0.3) is 0 Å². The number of rotatable bonds is 48. The third kappa shape index (κ3) is 49.9. The first kappa shape index (κ1) is 60.9. The summed E-state index contributed by atoms with van der Waals surface area (Å²) in [5, 5.41) is 0. The maximum atomic E-state index is 12.8. The van der Waals surface area contributed by atoms with Crippen LogP contribution in [0.5, 0.6) is 0 Å². The SMILES string of the molecule is CC/C=C\C/C=C\C/C=C\CCCCCCCCCC(=O)OC(COC(=O)CCCCCCC/C=C\CCCC)COC(=O)CCCCCCCCC/C=C\C/C=C\CCCCCC. The third-order valence-electron chi connectivity index (χ3n) is 11.4. The molecule has 0 radical (unpaired) electrons. The fourth-order valence-corrected chi connectivity index (χ4v) is 7.35. The van der Waals surface area contributed by atoms with Gasteiger partial charge in [0.05, 0.1) is 0 Å². The number of esters is 3. The minimum absolute atomic E-state index is 0.0863. The molecule has 0 saturated carbocycles. The predicted molar refractivity (Wildman–Crippen MR) is 274 cm³/mol. The van der Waals surface area contributed by atoms with Crippen LogP contribution in [0.4, 0.5) is 0 Å². The van der Waals surface area contributed by atoms with Crippen LogP contribution in [-0.4, -0.2) is 37.2 Å². The average Bonchev–Trinajstić information content (AvgIpc) is 3.29. The van der Waals surface area contributed by atoms with E-state index >= 15 is 0 Å². The van der Waals surface area contributed by atoms with E-state index in [0.29, 0.717) is 19.3 Å². The Bertz CT molecular complexity index is 1210. The van der Waals surface area contributed by atoms with Crippen molar-refractivity contribution in [3.05, 3.63) is 72.9 Å². The van der Waals surface area contributed by atoms with Crippen molar-refractivity contribution < 1.29 is 28.6 Å². The second-order valence-corrected chi connectivity index (χ2v) is 17.7. The van der Waals surface area contributed by atoms with Crippen molar-refractivity contribution in [2.24, 2.45) is 0 Å². The molecule has 0 rings (SSSR count). The number of carbonyl (C=O) groups is 3. The molecule has 0 aliphatic carbocycles. The van der Waals surface area contributed by atoms with E-state index in [2.05, 4.69) is 93.7 Å². The molecule has 0 amide bonds. The number of carbonyl (C=O) groups excluding carboxylic acids is 3. The lowest BCUT2D eigenvalue weighted by Crippen LogP contribution is -2.30. The molecule has 0 spiro atoms. The van der Waals surface area contributed by atoms with Crippen LogP contribution in [0.25, 0.3) is 0 Å². The second kappa shape index (κ2) is 52.5. The Kier molecular flexibility index (Phi) is 49.9. The zero-order valence-electron chi connectivity index (χ0n) is 42.0. The van der Waals surface area contributed by atoms with Crippen molar-refractivity contribution in [1.82, 2.24) is 0 Å². The summed E-state index contributed by atoms with van der Waals surface area (Å²) in [5.41, 5.74) is 0. The quantitative estimate of drug-likeness (QED) is 0.0262. The van der Waals surface area contributed by atoms with Crippen LogP contribution in [0.1, 0.15) is 258 Å². The van der Waals surface area contributed by atoms with Gasteiger partial charge in [-0.3, -0.25) is 14.4 Å². The number of hydrogen-bond donors (Lipinski definition) is 0. The van der Waals surface area contributed by atoms with E-state index in [9.17, 15) is 14.4 Å². The Morgan fingerprint density at radius 2 is 0.625 bits per heavy atom. The summed E-state index contributed by atoms with van der Waals surface area (Å²) in [6, 6.07) is 0. The first-order chi connectivity index (χ1) is 31.5. The molecule has 1 atom stereocenters. The highest BCUT2D eigenvalue weighted by molar-refractivity contribution is 5.71. The van der Waals surface area contributed by atoms with Crippen molar-refractivity contribution in [3.8, 4) is 0 Å². The molecule has 0 heterocycles. The first-order valence-corrected chi connectivity index (χ1v) is 26.9. The summed E-state index contributed by atoms with van der Waals surface area (Å²) in [7, 11) is 0. The number of unbranched alkanes of at least 4 members (excludes halogenated alkanes) is 25.